The largest absolute Gasteiger partial charge is 0.479 e. The van der Waals surface area contributed by atoms with Crippen LogP contribution in [0.1, 0.15) is 116 Å². The first-order valence-corrected chi connectivity index (χ1v) is 14.4. The predicted molar refractivity (Wildman–Crippen MR) is 136 cm³/mol. The molecule has 0 heterocycles. The van der Waals surface area contributed by atoms with Crippen molar-refractivity contribution in [2.75, 3.05) is 6.54 Å². The Morgan fingerprint density at radius 2 is 1.36 bits per heavy atom. The molecular formula is C26H46NO5P. The zero-order valence-corrected chi connectivity index (χ0v) is 21.8. The number of carboxylic acids is 1. The molecule has 33 heavy (non-hydrogen) atoms. The highest BCUT2D eigenvalue weighted by atomic mass is 31.2. The molecule has 0 saturated carbocycles. The topological polar surface area (TPSA) is 95.9 Å². The van der Waals surface area contributed by atoms with Crippen molar-refractivity contribution < 1.29 is 23.9 Å². The fourth-order valence-corrected chi connectivity index (χ4v) is 5.60. The highest BCUT2D eigenvalue weighted by Crippen LogP contribution is 2.57. The van der Waals surface area contributed by atoms with E-state index in [1.807, 2.05) is 6.07 Å². The maximum Gasteiger partial charge on any atom is 0.350 e. The van der Waals surface area contributed by atoms with Gasteiger partial charge >= 0.3 is 13.6 Å². The van der Waals surface area contributed by atoms with Crippen molar-refractivity contribution in [2.45, 2.75) is 116 Å². The Balaban J connectivity index is 2.33. The first kappa shape index (κ1) is 29.8. The fourth-order valence-electron chi connectivity index (χ4n) is 3.86. The van der Waals surface area contributed by atoms with E-state index in [4.69, 9.17) is 4.52 Å². The van der Waals surface area contributed by atoms with E-state index in [9.17, 15) is 19.4 Å². The molecule has 2 unspecified atom stereocenters. The summed E-state index contributed by atoms with van der Waals surface area (Å²) in [5, 5.41) is 12.4. The molecular weight excluding hydrogens is 437 g/mol. The third kappa shape index (κ3) is 12.7. The van der Waals surface area contributed by atoms with Crippen molar-refractivity contribution in [3.05, 3.63) is 35.9 Å². The van der Waals surface area contributed by atoms with Crippen LogP contribution in [-0.2, 0) is 13.9 Å². The molecule has 0 aromatic heterocycles. The fraction of sp³-hybridized carbons (Fsp3) is 0.731. The summed E-state index contributed by atoms with van der Waals surface area (Å²) in [7, 11) is -4.28. The summed E-state index contributed by atoms with van der Waals surface area (Å²) >= 11 is 0. The molecule has 7 heteroatoms. The summed E-state index contributed by atoms with van der Waals surface area (Å²) in [6.07, 6.45) is 16.4. The van der Waals surface area contributed by atoms with Gasteiger partial charge in [0.2, 0.25) is 0 Å². The Kier molecular flexibility index (Phi) is 14.9. The molecule has 0 amide bonds. The van der Waals surface area contributed by atoms with Gasteiger partial charge in [-0.25, -0.2) is 4.79 Å². The van der Waals surface area contributed by atoms with Crippen molar-refractivity contribution in [3.8, 4) is 0 Å². The van der Waals surface area contributed by atoms with E-state index in [0.29, 0.717) is 12.1 Å². The second-order valence-corrected chi connectivity index (χ2v) is 11.3. The molecule has 2 atom stereocenters. The number of carbonyl (C=O) groups is 1. The number of hydrogen-bond acceptors (Lipinski definition) is 4. The zero-order valence-electron chi connectivity index (χ0n) is 20.9. The molecule has 0 aliphatic rings. The molecule has 0 fully saturated rings. The highest BCUT2D eigenvalue weighted by Gasteiger charge is 2.42. The lowest BCUT2D eigenvalue weighted by molar-refractivity contribution is -0.152. The van der Waals surface area contributed by atoms with Crippen molar-refractivity contribution in [1.29, 1.82) is 0 Å². The van der Waals surface area contributed by atoms with E-state index in [2.05, 4.69) is 12.2 Å². The van der Waals surface area contributed by atoms with Crippen LogP contribution in [0.4, 0.5) is 0 Å². The van der Waals surface area contributed by atoms with Gasteiger partial charge in [0, 0.05) is 0 Å². The normalized spacial score (nSPS) is 14.7. The Morgan fingerprint density at radius 1 is 0.909 bits per heavy atom. The van der Waals surface area contributed by atoms with Gasteiger partial charge in [-0.2, -0.15) is 0 Å². The van der Waals surface area contributed by atoms with Crippen LogP contribution in [0.25, 0.3) is 0 Å². The minimum Gasteiger partial charge on any atom is -0.479 e. The molecule has 0 radical (unpaired) electrons. The zero-order chi connectivity index (χ0) is 24.6. The van der Waals surface area contributed by atoms with Gasteiger partial charge in [0.15, 0.2) is 5.60 Å². The third-order valence-electron chi connectivity index (χ3n) is 5.93. The van der Waals surface area contributed by atoms with E-state index < -0.39 is 24.9 Å². The Labute approximate surface area is 201 Å². The quantitative estimate of drug-likeness (QED) is 0.132. The lowest BCUT2D eigenvalue weighted by Gasteiger charge is -2.29. The van der Waals surface area contributed by atoms with Crippen LogP contribution >= 0.6 is 7.60 Å². The Bertz CT molecular complexity index is 695. The number of nitrogens with one attached hydrogen (secondary N) is 1. The molecule has 190 valence electrons. The minimum atomic E-state index is -4.28. The number of unbranched alkanes of at least 4 members (excludes halogenated alkanes) is 12. The molecule has 0 aliphatic heterocycles. The number of hydrogen-bond donors (Lipinski definition) is 3. The van der Waals surface area contributed by atoms with E-state index in [1.165, 1.54) is 78.1 Å². The minimum absolute atomic E-state index is 0.568. The molecule has 0 bridgehead atoms. The molecule has 0 saturated heterocycles. The first-order valence-electron chi connectivity index (χ1n) is 12.8. The van der Waals surface area contributed by atoms with E-state index in [0.717, 1.165) is 19.3 Å². The SMILES string of the molecule is CCCCCCCCCCCCCCCNC(c1ccccc1)P(=O)(O)OC(C)(C)C(=O)O. The van der Waals surface area contributed by atoms with E-state index >= 15 is 0 Å². The van der Waals surface area contributed by atoms with Crippen molar-refractivity contribution in [3.63, 3.8) is 0 Å². The predicted octanol–water partition coefficient (Wildman–Crippen LogP) is 7.43. The van der Waals surface area contributed by atoms with Gasteiger partial charge in [-0.15, -0.1) is 0 Å². The molecule has 6 nitrogen and oxygen atoms in total. The highest BCUT2D eigenvalue weighted by molar-refractivity contribution is 7.53. The van der Waals surface area contributed by atoms with E-state index in [1.54, 1.807) is 24.3 Å². The van der Waals surface area contributed by atoms with Gasteiger partial charge in [0.05, 0.1) is 0 Å². The maximum absolute atomic E-state index is 13.0. The van der Waals surface area contributed by atoms with Crippen LogP contribution in [0.5, 0.6) is 0 Å². The average molecular weight is 484 g/mol. The second kappa shape index (κ2) is 16.4. The lowest BCUT2D eigenvalue weighted by Crippen LogP contribution is -2.35. The molecule has 1 rings (SSSR count). The van der Waals surface area contributed by atoms with Crippen LogP contribution in [-0.4, -0.2) is 28.1 Å². The number of rotatable bonds is 20. The van der Waals surface area contributed by atoms with Gasteiger partial charge in [0.1, 0.15) is 5.78 Å². The first-order chi connectivity index (χ1) is 15.7. The third-order valence-corrected chi connectivity index (χ3v) is 7.78. The molecule has 0 spiro atoms. The van der Waals surface area contributed by atoms with Crippen LogP contribution < -0.4 is 5.32 Å². The van der Waals surface area contributed by atoms with Crippen molar-refractivity contribution in [1.82, 2.24) is 5.32 Å². The number of carboxylic acid groups (broad SMARTS) is 1. The summed E-state index contributed by atoms with van der Waals surface area (Å²) in [4.78, 5) is 22.0. The van der Waals surface area contributed by atoms with Crippen molar-refractivity contribution in [2.24, 2.45) is 0 Å². The molecule has 1 aromatic carbocycles. The maximum atomic E-state index is 13.0. The lowest BCUT2D eigenvalue weighted by atomic mass is 10.0. The summed E-state index contributed by atoms with van der Waals surface area (Å²) in [5.41, 5.74) is -1.15. The van der Waals surface area contributed by atoms with Crippen LogP contribution in [0.2, 0.25) is 0 Å². The summed E-state index contributed by atoms with van der Waals surface area (Å²) in [6, 6.07) is 8.91. The summed E-state index contributed by atoms with van der Waals surface area (Å²) < 4.78 is 18.2. The summed E-state index contributed by atoms with van der Waals surface area (Å²) in [6.45, 7) is 5.39. The van der Waals surface area contributed by atoms with Crippen LogP contribution in [0.15, 0.2) is 30.3 Å². The number of benzene rings is 1. The van der Waals surface area contributed by atoms with Gasteiger partial charge in [-0.3, -0.25) is 14.4 Å². The van der Waals surface area contributed by atoms with Gasteiger partial charge in [-0.05, 0) is 32.4 Å². The standard InChI is InChI=1S/C26H46NO5P/c1-4-5-6-7-8-9-10-11-12-13-14-15-19-22-27-24(23-20-17-16-18-21-23)33(30,31)32-26(2,3)25(28)29/h16-18,20-21,24,27H,4-15,19,22H2,1-3H3,(H,28,29)(H,30,31). The van der Waals surface area contributed by atoms with Gasteiger partial charge < -0.3 is 10.00 Å². The van der Waals surface area contributed by atoms with Crippen LogP contribution in [0, 0.1) is 0 Å². The van der Waals surface area contributed by atoms with Crippen LogP contribution in [0.3, 0.4) is 0 Å². The average Bonchev–Trinajstić information content (AvgIpc) is 2.76. The Morgan fingerprint density at radius 3 is 1.82 bits per heavy atom. The smallest absolute Gasteiger partial charge is 0.350 e. The monoisotopic (exact) mass is 483 g/mol. The van der Waals surface area contributed by atoms with Gasteiger partial charge in [0.25, 0.3) is 0 Å². The molecule has 3 N–H and O–H groups in total. The summed E-state index contributed by atoms with van der Waals surface area (Å²) in [5.74, 6) is -2.24. The second-order valence-electron chi connectivity index (χ2n) is 9.48. The van der Waals surface area contributed by atoms with Gasteiger partial charge in [-0.1, -0.05) is 114 Å². The molecule has 1 aromatic rings. The Hall–Kier alpha value is -1.20. The molecule has 0 aliphatic carbocycles. The number of aliphatic carboxylic acids is 1. The van der Waals surface area contributed by atoms with Crippen molar-refractivity contribution >= 4 is 13.6 Å². The van der Waals surface area contributed by atoms with E-state index in [-0.39, 0.29) is 0 Å².